The van der Waals surface area contributed by atoms with E-state index in [-0.39, 0.29) is 6.10 Å². The second-order valence-corrected chi connectivity index (χ2v) is 4.55. The molecule has 88 valence electrons. The summed E-state index contributed by atoms with van der Waals surface area (Å²) in [4.78, 5) is 2.40. The Morgan fingerprint density at radius 3 is 2.75 bits per heavy atom. The van der Waals surface area contributed by atoms with Crippen LogP contribution in [0.1, 0.15) is 37.9 Å². The van der Waals surface area contributed by atoms with E-state index >= 15 is 0 Å². The van der Waals surface area contributed by atoms with E-state index in [1.807, 2.05) is 30.3 Å². The molecule has 2 nitrogen and oxygen atoms in total. The van der Waals surface area contributed by atoms with Gasteiger partial charge >= 0.3 is 0 Å². The Bertz CT molecular complexity index is 312. The first-order valence-corrected chi connectivity index (χ1v) is 6.30. The van der Waals surface area contributed by atoms with Crippen LogP contribution in [0.25, 0.3) is 0 Å². The predicted octanol–water partition coefficient (Wildman–Crippen LogP) is 2.59. The third-order valence-corrected chi connectivity index (χ3v) is 3.58. The van der Waals surface area contributed by atoms with E-state index in [0.29, 0.717) is 6.04 Å². The standard InChI is InChI=1S/C14H21NO/c1-2-15-11-7-6-10-13(15)14(16)12-8-4-3-5-9-12/h3-5,8-9,13-14,16H,2,6-7,10-11H2,1H3/t13-,14-/m1/s1. The Morgan fingerprint density at radius 2 is 2.06 bits per heavy atom. The molecule has 1 N–H and O–H groups in total. The molecular weight excluding hydrogens is 198 g/mol. The number of rotatable bonds is 3. The average Bonchev–Trinajstić information content (AvgIpc) is 2.39. The molecule has 0 unspecified atom stereocenters. The lowest BCUT2D eigenvalue weighted by atomic mass is 9.93. The highest BCUT2D eigenvalue weighted by molar-refractivity contribution is 5.19. The van der Waals surface area contributed by atoms with Crippen LogP contribution in [0.15, 0.2) is 30.3 Å². The van der Waals surface area contributed by atoms with Crippen molar-refractivity contribution in [2.45, 2.75) is 38.3 Å². The third-order valence-electron chi connectivity index (χ3n) is 3.58. The van der Waals surface area contributed by atoms with Crippen molar-refractivity contribution in [2.75, 3.05) is 13.1 Å². The number of likely N-dealkylation sites (tertiary alicyclic amines) is 1. The SMILES string of the molecule is CCN1CCCC[C@@H]1[C@H](O)c1ccccc1. The zero-order chi connectivity index (χ0) is 11.4. The van der Waals surface area contributed by atoms with Crippen LogP contribution in [-0.2, 0) is 0 Å². The fourth-order valence-electron chi connectivity index (χ4n) is 2.64. The van der Waals surface area contributed by atoms with Gasteiger partial charge in [0.15, 0.2) is 0 Å². The van der Waals surface area contributed by atoms with Crippen LogP contribution in [-0.4, -0.2) is 29.1 Å². The van der Waals surface area contributed by atoms with Gasteiger partial charge in [0.25, 0.3) is 0 Å². The zero-order valence-electron chi connectivity index (χ0n) is 9.97. The summed E-state index contributed by atoms with van der Waals surface area (Å²) in [5, 5.41) is 10.4. The van der Waals surface area contributed by atoms with Gasteiger partial charge in [0.05, 0.1) is 6.10 Å². The number of hydrogen-bond donors (Lipinski definition) is 1. The van der Waals surface area contributed by atoms with Gasteiger partial charge in [-0.2, -0.15) is 0 Å². The van der Waals surface area contributed by atoms with Crippen molar-refractivity contribution in [3.05, 3.63) is 35.9 Å². The van der Waals surface area contributed by atoms with Gasteiger partial charge < -0.3 is 5.11 Å². The topological polar surface area (TPSA) is 23.5 Å². The summed E-state index contributed by atoms with van der Waals surface area (Å²) in [7, 11) is 0. The smallest absolute Gasteiger partial charge is 0.0945 e. The molecule has 16 heavy (non-hydrogen) atoms. The van der Waals surface area contributed by atoms with Gasteiger partial charge in [0.1, 0.15) is 0 Å². The minimum Gasteiger partial charge on any atom is -0.387 e. The van der Waals surface area contributed by atoms with Crippen LogP contribution in [0.3, 0.4) is 0 Å². The zero-order valence-corrected chi connectivity index (χ0v) is 9.97. The van der Waals surface area contributed by atoms with E-state index < -0.39 is 0 Å². The fraction of sp³-hybridized carbons (Fsp3) is 0.571. The van der Waals surface area contributed by atoms with Crippen molar-refractivity contribution >= 4 is 0 Å². The van der Waals surface area contributed by atoms with E-state index in [9.17, 15) is 5.11 Å². The fourth-order valence-corrected chi connectivity index (χ4v) is 2.64. The van der Waals surface area contributed by atoms with Crippen molar-refractivity contribution in [3.63, 3.8) is 0 Å². The number of likely N-dealkylation sites (N-methyl/N-ethyl adjacent to an activating group) is 1. The summed E-state index contributed by atoms with van der Waals surface area (Å²) in [6, 6.07) is 10.3. The van der Waals surface area contributed by atoms with Gasteiger partial charge in [0.2, 0.25) is 0 Å². The molecule has 2 heteroatoms. The van der Waals surface area contributed by atoms with Gasteiger partial charge in [0, 0.05) is 6.04 Å². The number of aliphatic hydroxyl groups is 1. The van der Waals surface area contributed by atoms with Gasteiger partial charge in [-0.15, -0.1) is 0 Å². The first-order chi connectivity index (χ1) is 7.83. The van der Waals surface area contributed by atoms with Crippen molar-refractivity contribution < 1.29 is 5.11 Å². The molecule has 1 heterocycles. The van der Waals surface area contributed by atoms with E-state index in [1.54, 1.807) is 0 Å². The van der Waals surface area contributed by atoms with Gasteiger partial charge in [-0.3, -0.25) is 4.90 Å². The third kappa shape index (κ3) is 2.45. The molecular formula is C14H21NO. The minimum atomic E-state index is -0.332. The molecule has 2 rings (SSSR count). The molecule has 0 amide bonds. The highest BCUT2D eigenvalue weighted by Crippen LogP contribution is 2.28. The van der Waals surface area contributed by atoms with Crippen molar-refractivity contribution in [3.8, 4) is 0 Å². The lowest BCUT2D eigenvalue weighted by Gasteiger charge is -2.37. The van der Waals surface area contributed by atoms with Gasteiger partial charge in [-0.25, -0.2) is 0 Å². The summed E-state index contributed by atoms with van der Waals surface area (Å²) >= 11 is 0. The lowest BCUT2D eigenvalue weighted by molar-refractivity contribution is 0.0280. The Labute approximate surface area is 97.9 Å². The predicted molar refractivity (Wildman–Crippen MR) is 66.3 cm³/mol. The molecule has 1 aliphatic heterocycles. The summed E-state index contributed by atoms with van der Waals surface area (Å²) in [5.74, 6) is 0. The number of hydrogen-bond acceptors (Lipinski definition) is 2. The van der Waals surface area contributed by atoms with Gasteiger partial charge in [-0.1, -0.05) is 43.7 Å². The van der Waals surface area contributed by atoms with Crippen LogP contribution in [0, 0.1) is 0 Å². The second-order valence-electron chi connectivity index (χ2n) is 4.55. The van der Waals surface area contributed by atoms with Crippen molar-refractivity contribution in [1.29, 1.82) is 0 Å². The Hall–Kier alpha value is -0.860. The van der Waals surface area contributed by atoms with Crippen LogP contribution < -0.4 is 0 Å². The Balaban J connectivity index is 2.10. The summed E-state index contributed by atoms with van der Waals surface area (Å²) in [6.07, 6.45) is 3.29. The van der Waals surface area contributed by atoms with E-state index in [4.69, 9.17) is 0 Å². The minimum absolute atomic E-state index is 0.307. The number of aliphatic hydroxyl groups excluding tert-OH is 1. The molecule has 1 aliphatic rings. The first-order valence-electron chi connectivity index (χ1n) is 6.30. The number of benzene rings is 1. The van der Waals surface area contributed by atoms with Crippen molar-refractivity contribution in [2.24, 2.45) is 0 Å². The summed E-state index contributed by atoms with van der Waals surface area (Å²) in [6.45, 7) is 4.34. The molecule has 1 aromatic carbocycles. The maximum atomic E-state index is 10.4. The molecule has 0 aromatic heterocycles. The number of nitrogens with zero attached hydrogens (tertiary/aromatic N) is 1. The molecule has 0 bridgehead atoms. The molecule has 0 saturated carbocycles. The van der Waals surface area contributed by atoms with Crippen LogP contribution in [0.2, 0.25) is 0 Å². The Kier molecular flexibility index (Phi) is 3.97. The molecule has 1 saturated heterocycles. The highest BCUT2D eigenvalue weighted by atomic mass is 16.3. The van der Waals surface area contributed by atoms with Gasteiger partial charge in [-0.05, 0) is 31.5 Å². The lowest BCUT2D eigenvalue weighted by Crippen LogP contribution is -2.43. The maximum absolute atomic E-state index is 10.4. The molecule has 1 fully saturated rings. The quantitative estimate of drug-likeness (QED) is 0.844. The van der Waals surface area contributed by atoms with E-state index in [1.165, 1.54) is 12.8 Å². The molecule has 1 aromatic rings. The summed E-state index contributed by atoms with van der Waals surface area (Å²) in [5.41, 5.74) is 1.05. The maximum Gasteiger partial charge on any atom is 0.0945 e. The summed E-state index contributed by atoms with van der Waals surface area (Å²) < 4.78 is 0. The van der Waals surface area contributed by atoms with Crippen LogP contribution in [0.5, 0.6) is 0 Å². The average molecular weight is 219 g/mol. The van der Waals surface area contributed by atoms with E-state index in [0.717, 1.165) is 25.1 Å². The second kappa shape index (κ2) is 5.46. The molecule has 2 atom stereocenters. The first kappa shape index (κ1) is 11.6. The Morgan fingerprint density at radius 1 is 1.31 bits per heavy atom. The largest absolute Gasteiger partial charge is 0.387 e. The molecule has 0 spiro atoms. The van der Waals surface area contributed by atoms with Crippen LogP contribution >= 0.6 is 0 Å². The van der Waals surface area contributed by atoms with E-state index in [2.05, 4.69) is 11.8 Å². The normalized spacial score (nSPS) is 24.2. The van der Waals surface area contributed by atoms with Crippen LogP contribution in [0.4, 0.5) is 0 Å². The van der Waals surface area contributed by atoms with Crippen molar-refractivity contribution in [1.82, 2.24) is 4.90 Å². The molecule has 0 radical (unpaired) electrons. The number of piperidine rings is 1. The molecule has 0 aliphatic carbocycles. The highest BCUT2D eigenvalue weighted by Gasteiger charge is 2.28. The monoisotopic (exact) mass is 219 g/mol.